The summed E-state index contributed by atoms with van der Waals surface area (Å²) >= 11 is 0. The van der Waals surface area contributed by atoms with Crippen molar-refractivity contribution in [3.8, 4) is 0 Å². The molecule has 0 radical (unpaired) electrons. The predicted molar refractivity (Wildman–Crippen MR) is 96.0 cm³/mol. The molecule has 0 atom stereocenters. The number of amides is 2. The first-order chi connectivity index (χ1) is 12.8. The first kappa shape index (κ1) is 18.9. The zero-order valence-corrected chi connectivity index (χ0v) is 14.2. The van der Waals surface area contributed by atoms with Gasteiger partial charge in [0.25, 0.3) is 0 Å². The number of nitrogens with two attached hydrogens (primary N) is 2. The van der Waals surface area contributed by atoms with Gasteiger partial charge in [0.1, 0.15) is 0 Å². The van der Waals surface area contributed by atoms with Crippen LogP contribution in [0.1, 0.15) is 41.1 Å². The van der Waals surface area contributed by atoms with Crippen molar-refractivity contribution in [2.45, 2.75) is 24.9 Å². The number of anilines is 1. The Kier molecular flexibility index (Phi) is 5.15. The van der Waals surface area contributed by atoms with Gasteiger partial charge in [0, 0.05) is 11.8 Å². The van der Waals surface area contributed by atoms with Crippen molar-refractivity contribution in [3.05, 3.63) is 58.9 Å². The van der Waals surface area contributed by atoms with Crippen LogP contribution in [0.3, 0.4) is 0 Å². The predicted octanol–water partition coefficient (Wildman–Crippen LogP) is 3.41. The van der Waals surface area contributed by atoms with Crippen LogP contribution < -0.4 is 22.1 Å². The van der Waals surface area contributed by atoms with E-state index >= 15 is 0 Å². The van der Waals surface area contributed by atoms with Crippen molar-refractivity contribution in [2.24, 2.45) is 11.7 Å². The molecule has 1 heterocycles. The molecule has 2 aromatic rings. The van der Waals surface area contributed by atoms with E-state index in [9.17, 15) is 18.0 Å². The van der Waals surface area contributed by atoms with Crippen LogP contribution in [0.15, 0.2) is 36.5 Å². The van der Waals surface area contributed by atoms with E-state index in [4.69, 9.17) is 11.7 Å². The number of hydrogen-bond acceptors (Lipinski definition) is 4. The number of aromatic nitrogens is 1. The fourth-order valence-corrected chi connectivity index (χ4v) is 2.78. The minimum Gasteiger partial charge on any atom is -0.274 e. The zero-order chi connectivity index (χ0) is 19.6. The van der Waals surface area contributed by atoms with E-state index in [0.29, 0.717) is 17.2 Å². The number of halogens is 3. The van der Waals surface area contributed by atoms with Crippen LogP contribution in [-0.2, 0) is 6.18 Å². The highest BCUT2D eigenvalue weighted by Gasteiger charge is 2.30. The molecular formula is C18H18F3N5O. The molecule has 3 rings (SSSR count). The molecule has 0 spiro atoms. The molecule has 1 aliphatic rings. The van der Waals surface area contributed by atoms with E-state index in [1.54, 1.807) is 18.2 Å². The topological polar surface area (TPSA) is 97.3 Å². The third-order valence-electron chi connectivity index (χ3n) is 4.26. The molecule has 1 aromatic heterocycles. The van der Waals surface area contributed by atoms with E-state index in [1.807, 2.05) is 11.5 Å². The van der Waals surface area contributed by atoms with Crippen molar-refractivity contribution in [1.82, 2.24) is 10.4 Å². The molecule has 0 bridgehead atoms. The highest BCUT2D eigenvalue weighted by atomic mass is 19.4. The van der Waals surface area contributed by atoms with E-state index in [0.717, 1.165) is 41.7 Å². The highest BCUT2D eigenvalue weighted by Crippen LogP contribution is 2.44. The van der Waals surface area contributed by atoms with Crippen LogP contribution in [-0.4, -0.2) is 11.0 Å². The summed E-state index contributed by atoms with van der Waals surface area (Å²) in [5, 5.41) is 0.866. The maximum Gasteiger partial charge on any atom is 0.416 e. The second-order valence-electron chi connectivity index (χ2n) is 6.17. The van der Waals surface area contributed by atoms with Gasteiger partial charge in [-0.2, -0.15) is 13.2 Å². The fraction of sp³-hybridized carbons (Fsp3) is 0.222. The molecule has 1 fully saturated rings. The number of rotatable bonds is 4. The number of carbonyl (C=O) groups is 1. The third-order valence-corrected chi connectivity index (χ3v) is 4.26. The lowest BCUT2D eigenvalue weighted by Gasteiger charge is -2.20. The normalized spacial score (nSPS) is 14.4. The number of hydrogen-bond donors (Lipinski definition) is 3. The number of alkyl halides is 3. The SMILES string of the molecule is NNC(=O)N(N)c1cccc(C2CC2)c1/C=C/c1cc(C(F)(F)F)ccn1. The number of hydrazine groups is 2. The Labute approximate surface area is 153 Å². The molecule has 1 aromatic carbocycles. The second-order valence-corrected chi connectivity index (χ2v) is 6.17. The summed E-state index contributed by atoms with van der Waals surface area (Å²) in [7, 11) is 0. The van der Waals surface area contributed by atoms with Gasteiger partial charge in [-0.25, -0.2) is 21.5 Å². The smallest absolute Gasteiger partial charge is 0.274 e. The van der Waals surface area contributed by atoms with Crippen LogP contribution in [0.5, 0.6) is 0 Å². The van der Waals surface area contributed by atoms with Crippen molar-refractivity contribution >= 4 is 23.9 Å². The maximum atomic E-state index is 12.9. The lowest BCUT2D eigenvalue weighted by atomic mass is 10.00. The number of benzene rings is 1. The third kappa shape index (κ3) is 4.26. The largest absolute Gasteiger partial charge is 0.416 e. The van der Waals surface area contributed by atoms with Crippen LogP contribution in [0.25, 0.3) is 12.2 Å². The van der Waals surface area contributed by atoms with E-state index < -0.39 is 17.8 Å². The Bertz CT molecular complexity index is 878. The van der Waals surface area contributed by atoms with Gasteiger partial charge >= 0.3 is 12.2 Å². The highest BCUT2D eigenvalue weighted by molar-refractivity contribution is 5.94. The molecule has 9 heteroatoms. The Balaban J connectivity index is 2.00. The van der Waals surface area contributed by atoms with Crippen LogP contribution in [0, 0.1) is 0 Å². The first-order valence-electron chi connectivity index (χ1n) is 8.21. The minimum atomic E-state index is -4.45. The van der Waals surface area contributed by atoms with Crippen LogP contribution in [0.4, 0.5) is 23.7 Å². The summed E-state index contributed by atoms with van der Waals surface area (Å²) in [6.07, 6.45) is 1.74. The summed E-state index contributed by atoms with van der Waals surface area (Å²) in [4.78, 5) is 15.7. The van der Waals surface area contributed by atoms with E-state index in [1.165, 1.54) is 6.08 Å². The van der Waals surface area contributed by atoms with Gasteiger partial charge in [-0.05, 0) is 48.6 Å². The second kappa shape index (κ2) is 7.37. The standard InChI is InChI=1S/C18H18F3N5O/c19-18(20,21)12-8-9-24-13(10-12)6-7-15-14(11-4-5-11)2-1-3-16(15)26(23)17(27)25-22/h1-3,6-11H,4-5,22-23H2,(H,25,27)/b7-6+. The summed E-state index contributed by atoms with van der Waals surface area (Å²) in [6, 6.07) is 6.48. The van der Waals surface area contributed by atoms with Gasteiger partial charge in [0.05, 0.1) is 16.9 Å². The molecule has 0 saturated heterocycles. The Hall–Kier alpha value is -2.91. The van der Waals surface area contributed by atoms with Crippen LogP contribution >= 0.6 is 0 Å². The molecule has 27 heavy (non-hydrogen) atoms. The lowest BCUT2D eigenvalue weighted by molar-refractivity contribution is -0.137. The summed E-state index contributed by atoms with van der Waals surface area (Å²) in [6.45, 7) is 0. The summed E-state index contributed by atoms with van der Waals surface area (Å²) < 4.78 is 38.6. The summed E-state index contributed by atoms with van der Waals surface area (Å²) in [5.41, 5.74) is 3.32. The quantitative estimate of drug-likeness (QED) is 0.432. The van der Waals surface area contributed by atoms with Gasteiger partial charge < -0.3 is 0 Å². The lowest BCUT2D eigenvalue weighted by Crippen LogP contribution is -2.48. The monoisotopic (exact) mass is 377 g/mol. The van der Waals surface area contributed by atoms with Crippen LogP contribution in [0.2, 0.25) is 0 Å². The molecule has 2 amide bonds. The molecule has 0 aliphatic heterocycles. The molecule has 0 unspecified atom stereocenters. The van der Waals surface area contributed by atoms with Gasteiger partial charge in [-0.1, -0.05) is 18.2 Å². The van der Waals surface area contributed by atoms with Crippen molar-refractivity contribution in [2.75, 3.05) is 5.01 Å². The molecule has 1 aliphatic carbocycles. The molecule has 142 valence electrons. The average Bonchev–Trinajstić information content (AvgIpc) is 3.49. The number of nitrogens with zero attached hydrogens (tertiary/aromatic N) is 2. The Morgan fingerprint density at radius 2 is 2.00 bits per heavy atom. The molecular weight excluding hydrogens is 359 g/mol. The van der Waals surface area contributed by atoms with Gasteiger partial charge in [0.15, 0.2) is 0 Å². The van der Waals surface area contributed by atoms with Gasteiger partial charge in [-0.3, -0.25) is 10.4 Å². The average molecular weight is 377 g/mol. The minimum absolute atomic E-state index is 0.147. The van der Waals surface area contributed by atoms with Crippen molar-refractivity contribution in [3.63, 3.8) is 0 Å². The Morgan fingerprint density at radius 1 is 1.26 bits per heavy atom. The van der Waals surface area contributed by atoms with Crippen molar-refractivity contribution in [1.29, 1.82) is 0 Å². The zero-order valence-electron chi connectivity index (χ0n) is 14.2. The molecule has 6 nitrogen and oxygen atoms in total. The first-order valence-corrected chi connectivity index (χ1v) is 8.21. The number of carbonyl (C=O) groups excluding carboxylic acids is 1. The van der Waals surface area contributed by atoms with Gasteiger partial charge in [-0.15, -0.1) is 0 Å². The van der Waals surface area contributed by atoms with E-state index in [-0.39, 0.29) is 5.69 Å². The molecule has 5 N–H and O–H groups in total. The van der Waals surface area contributed by atoms with E-state index in [2.05, 4.69) is 4.98 Å². The Morgan fingerprint density at radius 3 is 2.63 bits per heavy atom. The number of pyridine rings is 1. The summed E-state index contributed by atoms with van der Waals surface area (Å²) in [5.74, 6) is 11.3. The van der Waals surface area contributed by atoms with Crippen molar-refractivity contribution < 1.29 is 18.0 Å². The molecule has 1 saturated carbocycles. The number of nitrogens with one attached hydrogen (secondary N) is 1. The fourth-order valence-electron chi connectivity index (χ4n) is 2.78. The van der Waals surface area contributed by atoms with Gasteiger partial charge in [0.2, 0.25) is 0 Å². The number of urea groups is 1. The maximum absolute atomic E-state index is 12.9.